The van der Waals surface area contributed by atoms with Gasteiger partial charge in [-0.25, -0.2) is 4.39 Å². The molecule has 0 radical (unpaired) electrons. The zero-order valence-electron chi connectivity index (χ0n) is 11.8. The highest BCUT2D eigenvalue weighted by Crippen LogP contribution is 2.27. The Morgan fingerprint density at radius 2 is 1.95 bits per heavy atom. The molecule has 104 valence electrons. The maximum atomic E-state index is 13.8. The third-order valence-corrected chi connectivity index (χ3v) is 3.88. The largest absolute Gasteiger partial charge is 0.371 e. The average Bonchev–Trinajstić information content (AvgIpc) is 2.38. The van der Waals surface area contributed by atoms with Crippen LogP contribution in [0.1, 0.15) is 30.1 Å². The van der Waals surface area contributed by atoms with Crippen molar-refractivity contribution in [2.45, 2.75) is 25.8 Å². The number of hydrogen-bond donors (Lipinski definition) is 0. The first kappa shape index (κ1) is 14.0. The number of anilines is 1. The lowest BCUT2D eigenvalue weighted by atomic mass is 10.0. The Labute approximate surface area is 114 Å². The first-order valence-corrected chi connectivity index (χ1v) is 6.71. The number of halogens is 1. The first-order valence-electron chi connectivity index (χ1n) is 6.71. The number of benzene rings is 1. The average molecular weight is 264 g/mol. The van der Waals surface area contributed by atoms with Gasteiger partial charge in [0.1, 0.15) is 5.82 Å². The molecule has 0 atom stereocenters. The highest BCUT2D eigenvalue weighted by atomic mass is 19.1. The minimum absolute atomic E-state index is 0.206. The number of Topliss-reactive ketones (excluding diaryl/α,β-unsaturated/α-hetero) is 1. The van der Waals surface area contributed by atoms with Gasteiger partial charge in [-0.05, 0) is 46.0 Å². The van der Waals surface area contributed by atoms with Gasteiger partial charge in [0.25, 0.3) is 0 Å². The van der Waals surface area contributed by atoms with Crippen molar-refractivity contribution in [3.8, 4) is 0 Å². The molecule has 0 unspecified atom stereocenters. The Bertz CT molecular complexity index is 465. The lowest BCUT2D eigenvalue weighted by Crippen LogP contribution is -2.42. The van der Waals surface area contributed by atoms with E-state index in [2.05, 4.69) is 23.9 Å². The molecule has 1 aliphatic heterocycles. The fourth-order valence-corrected chi connectivity index (χ4v) is 2.75. The molecular formula is C15H21FN2O. The minimum Gasteiger partial charge on any atom is -0.371 e. The van der Waals surface area contributed by atoms with Gasteiger partial charge in [0, 0.05) is 19.1 Å². The van der Waals surface area contributed by atoms with Crippen LogP contribution in [0.5, 0.6) is 0 Å². The molecule has 1 aromatic carbocycles. The van der Waals surface area contributed by atoms with Gasteiger partial charge in [-0.15, -0.1) is 0 Å². The highest BCUT2D eigenvalue weighted by Gasteiger charge is 2.24. The number of hydrogen-bond acceptors (Lipinski definition) is 3. The van der Waals surface area contributed by atoms with Gasteiger partial charge in [0.2, 0.25) is 0 Å². The smallest absolute Gasteiger partial charge is 0.164 e. The second kappa shape index (κ2) is 5.70. The molecule has 19 heavy (non-hydrogen) atoms. The van der Waals surface area contributed by atoms with E-state index < -0.39 is 5.82 Å². The van der Waals surface area contributed by atoms with Gasteiger partial charge >= 0.3 is 0 Å². The van der Waals surface area contributed by atoms with Crippen molar-refractivity contribution in [3.05, 3.63) is 29.6 Å². The van der Waals surface area contributed by atoms with Gasteiger partial charge in [-0.1, -0.05) is 6.07 Å². The Balaban J connectivity index is 2.20. The fourth-order valence-electron chi connectivity index (χ4n) is 2.75. The molecule has 1 fully saturated rings. The summed E-state index contributed by atoms with van der Waals surface area (Å²) in [6, 6.07) is 5.45. The monoisotopic (exact) mass is 264 g/mol. The maximum absolute atomic E-state index is 13.8. The first-order chi connectivity index (χ1) is 9.00. The molecule has 0 aromatic heterocycles. The lowest BCUT2D eigenvalue weighted by molar-refractivity contribution is 0.101. The van der Waals surface area contributed by atoms with Gasteiger partial charge in [0.15, 0.2) is 5.78 Å². The van der Waals surface area contributed by atoms with E-state index in [1.165, 1.54) is 13.0 Å². The van der Waals surface area contributed by atoms with Crippen LogP contribution in [0.4, 0.5) is 10.1 Å². The number of carbonyl (C=O) groups excluding carboxylic acids is 1. The van der Waals surface area contributed by atoms with Crippen LogP contribution in [0.3, 0.4) is 0 Å². The Kier molecular flexibility index (Phi) is 4.20. The molecule has 1 saturated heterocycles. The van der Waals surface area contributed by atoms with E-state index in [1.54, 1.807) is 6.07 Å². The van der Waals surface area contributed by atoms with E-state index >= 15 is 0 Å². The zero-order chi connectivity index (χ0) is 14.0. The molecule has 0 aliphatic carbocycles. The third-order valence-electron chi connectivity index (χ3n) is 3.88. The topological polar surface area (TPSA) is 23.6 Å². The number of nitrogens with zero attached hydrogens (tertiary/aromatic N) is 2. The molecule has 0 bridgehead atoms. The second-order valence-corrected chi connectivity index (χ2v) is 5.37. The summed E-state index contributed by atoms with van der Waals surface area (Å²) in [5.41, 5.74) is 0.968. The van der Waals surface area contributed by atoms with E-state index in [4.69, 9.17) is 0 Å². The summed E-state index contributed by atoms with van der Waals surface area (Å²) < 4.78 is 13.8. The number of carbonyl (C=O) groups is 1. The van der Waals surface area contributed by atoms with Crippen LogP contribution < -0.4 is 4.90 Å². The molecule has 4 heteroatoms. The molecule has 0 amide bonds. The van der Waals surface area contributed by atoms with Crippen molar-refractivity contribution in [3.63, 3.8) is 0 Å². The summed E-state index contributed by atoms with van der Waals surface area (Å²) in [6.07, 6.45) is 2.09. The van der Waals surface area contributed by atoms with Crippen molar-refractivity contribution in [2.24, 2.45) is 0 Å². The van der Waals surface area contributed by atoms with Crippen LogP contribution in [0.15, 0.2) is 18.2 Å². The zero-order valence-corrected chi connectivity index (χ0v) is 11.8. The second-order valence-electron chi connectivity index (χ2n) is 5.37. The standard InChI is InChI=1S/C15H21FN2O/c1-11(19)15-13(16)5-4-6-14(15)18-9-7-12(8-10-18)17(2)3/h4-6,12H,7-10H2,1-3H3. The SMILES string of the molecule is CC(=O)c1c(F)cccc1N1CCC(N(C)C)CC1. The summed E-state index contributed by atoms with van der Waals surface area (Å²) in [5, 5.41) is 0. The number of ketones is 1. The molecular weight excluding hydrogens is 243 g/mol. The van der Waals surface area contributed by atoms with Crippen LogP contribution in [0, 0.1) is 5.82 Å². The van der Waals surface area contributed by atoms with Crippen LogP contribution in [-0.4, -0.2) is 43.9 Å². The molecule has 0 saturated carbocycles. The Morgan fingerprint density at radius 1 is 1.32 bits per heavy atom. The van der Waals surface area contributed by atoms with Crippen LogP contribution in [0.2, 0.25) is 0 Å². The maximum Gasteiger partial charge on any atom is 0.164 e. The molecule has 1 aromatic rings. The molecule has 0 N–H and O–H groups in total. The third kappa shape index (κ3) is 2.95. The predicted molar refractivity (Wildman–Crippen MR) is 75.3 cm³/mol. The van der Waals surface area contributed by atoms with Gasteiger partial charge < -0.3 is 9.80 Å². The lowest BCUT2D eigenvalue weighted by Gasteiger charge is -2.37. The Morgan fingerprint density at radius 3 is 2.47 bits per heavy atom. The normalized spacial score (nSPS) is 17.0. The predicted octanol–water partition coefficient (Wildman–Crippen LogP) is 2.56. The van der Waals surface area contributed by atoms with Crippen molar-refractivity contribution < 1.29 is 9.18 Å². The van der Waals surface area contributed by atoms with Crippen molar-refractivity contribution in [1.29, 1.82) is 0 Å². The van der Waals surface area contributed by atoms with E-state index in [0.29, 0.717) is 6.04 Å². The van der Waals surface area contributed by atoms with Crippen LogP contribution in [0.25, 0.3) is 0 Å². The van der Waals surface area contributed by atoms with E-state index in [1.807, 2.05) is 6.07 Å². The van der Waals surface area contributed by atoms with Gasteiger partial charge in [-0.3, -0.25) is 4.79 Å². The van der Waals surface area contributed by atoms with Crippen molar-refractivity contribution in [2.75, 3.05) is 32.1 Å². The molecule has 1 heterocycles. The quantitative estimate of drug-likeness (QED) is 0.784. The van der Waals surface area contributed by atoms with Crippen LogP contribution >= 0.6 is 0 Å². The summed E-state index contributed by atoms with van der Waals surface area (Å²) in [5.74, 6) is -0.623. The minimum atomic E-state index is -0.417. The van der Waals surface area contributed by atoms with E-state index in [-0.39, 0.29) is 11.3 Å². The molecule has 0 spiro atoms. The summed E-state index contributed by atoms with van der Waals surface area (Å²) in [4.78, 5) is 16.0. The number of rotatable bonds is 3. The van der Waals surface area contributed by atoms with Crippen LogP contribution in [-0.2, 0) is 0 Å². The highest BCUT2D eigenvalue weighted by molar-refractivity contribution is 6.00. The molecule has 2 rings (SSSR count). The molecule has 1 aliphatic rings. The van der Waals surface area contributed by atoms with Crippen molar-refractivity contribution >= 4 is 11.5 Å². The summed E-state index contributed by atoms with van der Waals surface area (Å²) in [7, 11) is 4.17. The van der Waals surface area contributed by atoms with E-state index in [0.717, 1.165) is 31.6 Å². The fraction of sp³-hybridized carbons (Fsp3) is 0.533. The number of piperidine rings is 1. The summed E-state index contributed by atoms with van der Waals surface area (Å²) in [6.45, 7) is 3.16. The van der Waals surface area contributed by atoms with E-state index in [9.17, 15) is 9.18 Å². The van der Waals surface area contributed by atoms with Gasteiger partial charge in [-0.2, -0.15) is 0 Å². The van der Waals surface area contributed by atoms with Crippen molar-refractivity contribution in [1.82, 2.24) is 4.90 Å². The summed E-state index contributed by atoms with van der Waals surface area (Å²) >= 11 is 0. The molecule has 3 nitrogen and oxygen atoms in total. The Hall–Kier alpha value is -1.42. The van der Waals surface area contributed by atoms with Gasteiger partial charge in [0.05, 0.1) is 11.3 Å².